The summed E-state index contributed by atoms with van der Waals surface area (Å²) in [7, 11) is -3.61. The van der Waals surface area contributed by atoms with Crippen LogP contribution in [-0.2, 0) is 26.2 Å². The second-order valence-electron chi connectivity index (χ2n) is 10.3. The molecule has 0 saturated heterocycles. The second kappa shape index (κ2) is 14.4. The molecule has 39 heavy (non-hydrogen) atoms. The Bertz CT molecular complexity index is 1210. The van der Waals surface area contributed by atoms with Crippen molar-refractivity contribution in [2.24, 2.45) is 0 Å². The highest BCUT2D eigenvalue weighted by molar-refractivity contribution is 7.92. The molecule has 1 aliphatic carbocycles. The van der Waals surface area contributed by atoms with Crippen LogP contribution >= 0.6 is 0 Å². The maximum absolute atomic E-state index is 13.6. The predicted molar refractivity (Wildman–Crippen MR) is 155 cm³/mol. The van der Waals surface area contributed by atoms with Gasteiger partial charge in [0.1, 0.15) is 11.8 Å². The SMILES string of the molecule is CCOc1ccccc1N(CCCC(=O)N(Cc1ccccc1C)C(C)C(=O)NC1CCCCC1)S(C)(=O)=O. The largest absolute Gasteiger partial charge is 0.492 e. The molecule has 8 nitrogen and oxygen atoms in total. The molecule has 0 aliphatic heterocycles. The van der Waals surface area contributed by atoms with Crippen molar-refractivity contribution in [1.82, 2.24) is 10.2 Å². The molecule has 0 bridgehead atoms. The number of aryl methyl sites for hydroxylation is 1. The van der Waals surface area contributed by atoms with Gasteiger partial charge in [0.25, 0.3) is 0 Å². The molecule has 0 heterocycles. The van der Waals surface area contributed by atoms with Gasteiger partial charge in [0.2, 0.25) is 21.8 Å². The molecule has 2 aromatic carbocycles. The minimum absolute atomic E-state index is 0.107. The topological polar surface area (TPSA) is 96.0 Å². The first-order chi connectivity index (χ1) is 18.6. The molecule has 9 heteroatoms. The number of ether oxygens (including phenoxy) is 1. The zero-order valence-corrected chi connectivity index (χ0v) is 24.5. The predicted octanol–water partition coefficient (Wildman–Crippen LogP) is 4.81. The summed E-state index contributed by atoms with van der Waals surface area (Å²) < 4.78 is 32.3. The number of para-hydroxylation sites is 2. The normalized spacial score (nSPS) is 14.9. The first-order valence-corrected chi connectivity index (χ1v) is 15.8. The number of amides is 2. The van der Waals surface area contributed by atoms with E-state index in [1.807, 2.05) is 38.1 Å². The van der Waals surface area contributed by atoms with Gasteiger partial charge in [-0.3, -0.25) is 13.9 Å². The Balaban J connectivity index is 1.75. The lowest BCUT2D eigenvalue weighted by Crippen LogP contribution is -2.50. The second-order valence-corrected chi connectivity index (χ2v) is 12.2. The Kier molecular flexibility index (Phi) is 11.2. The van der Waals surface area contributed by atoms with Gasteiger partial charge in [0, 0.05) is 25.6 Å². The van der Waals surface area contributed by atoms with Crippen molar-refractivity contribution in [3.8, 4) is 5.75 Å². The lowest BCUT2D eigenvalue weighted by atomic mass is 9.95. The lowest BCUT2D eigenvalue weighted by Gasteiger charge is -2.32. The van der Waals surface area contributed by atoms with Crippen LogP contribution < -0.4 is 14.4 Å². The number of sulfonamides is 1. The molecule has 3 rings (SSSR count). The van der Waals surface area contributed by atoms with E-state index in [9.17, 15) is 18.0 Å². The van der Waals surface area contributed by atoms with Gasteiger partial charge in [-0.25, -0.2) is 8.42 Å². The molecule has 1 saturated carbocycles. The van der Waals surface area contributed by atoms with Crippen molar-refractivity contribution in [2.45, 2.75) is 84.3 Å². The standard InChI is InChI=1S/C30H43N3O5S/c1-5-38-28-19-12-11-18-27(28)33(39(4,36)37)21-13-20-29(34)32(22-25-15-10-9-14-23(25)2)24(3)30(35)31-26-16-7-6-8-17-26/h9-12,14-15,18-19,24,26H,5-8,13,16-17,20-22H2,1-4H3,(H,31,35). The van der Waals surface area contributed by atoms with E-state index in [2.05, 4.69) is 5.32 Å². The summed E-state index contributed by atoms with van der Waals surface area (Å²) in [6.07, 6.45) is 6.90. The third-order valence-electron chi connectivity index (χ3n) is 7.31. The minimum Gasteiger partial charge on any atom is -0.492 e. The van der Waals surface area contributed by atoms with E-state index < -0.39 is 16.1 Å². The first-order valence-electron chi connectivity index (χ1n) is 14.0. The molecule has 1 atom stereocenters. The molecule has 2 aromatic rings. The van der Waals surface area contributed by atoms with Crippen molar-refractivity contribution in [3.63, 3.8) is 0 Å². The van der Waals surface area contributed by atoms with Crippen LogP contribution in [0.2, 0.25) is 0 Å². The summed E-state index contributed by atoms with van der Waals surface area (Å²) >= 11 is 0. The van der Waals surface area contributed by atoms with E-state index in [-0.39, 0.29) is 30.8 Å². The molecule has 1 aliphatic rings. The van der Waals surface area contributed by atoms with E-state index in [4.69, 9.17) is 4.74 Å². The summed E-state index contributed by atoms with van der Waals surface area (Å²) in [6, 6.07) is 14.3. The van der Waals surface area contributed by atoms with E-state index >= 15 is 0 Å². The maximum Gasteiger partial charge on any atom is 0.242 e. The Morgan fingerprint density at radius 2 is 1.72 bits per heavy atom. The Hall–Kier alpha value is -3.07. The van der Waals surface area contributed by atoms with Crippen molar-refractivity contribution in [2.75, 3.05) is 23.7 Å². The van der Waals surface area contributed by atoms with Crippen LogP contribution in [0.15, 0.2) is 48.5 Å². The van der Waals surface area contributed by atoms with Gasteiger partial charge in [0.15, 0.2) is 0 Å². The van der Waals surface area contributed by atoms with Crippen molar-refractivity contribution in [3.05, 3.63) is 59.7 Å². The molecule has 2 amide bonds. The number of carbonyl (C=O) groups excluding carboxylic acids is 2. The van der Waals surface area contributed by atoms with Crippen LogP contribution in [0.25, 0.3) is 0 Å². The van der Waals surface area contributed by atoms with Gasteiger partial charge in [0.05, 0.1) is 18.6 Å². The minimum atomic E-state index is -3.61. The number of benzene rings is 2. The molecule has 1 N–H and O–H groups in total. The highest BCUT2D eigenvalue weighted by Crippen LogP contribution is 2.30. The number of rotatable bonds is 13. The van der Waals surface area contributed by atoms with E-state index in [0.29, 0.717) is 31.0 Å². The molecule has 214 valence electrons. The zero-order chi connectivity index (χ0) is 28.4. The van der Waals surface area contributed by atoms with Crippen LogP contribution in [0.1, 0.15) is 69.9 Å². The molecule has 0 aromatic heterocycles. The quantitative estimate of drug-likeness (QED) is 0.382. The fraction of sp³-hybridized carbons (Fsp3) is 0.533. The summed E-state index contributed by atoms with van der Waals surface area (Å²) in [5.41, 5.74) is 2.48. The summed E-state index contributed by atoms with van der Waals surface area (Å²) in [5, 5.41) is 3.15. The van der Waals surface area contributed by atoms with Crippen LogP contribution in [0.4, 0.5) is 5.69 Å². The fourth-order valence-corrected chi connectivity index (χ4v) is 6.01. The highest BCUT2D eigenvalue weighted by Gasteiger charge is 2.29. The number of hydrogen-bond donors (Lipinski definition) is 1. The van der Waals surface area contributed by atoms with E-state index in [1.165, 1.54) is 10.7 Å². The summed E-state index contributed by atoms with van der Waals surface area (Å²) in [6.45, 7) is 6.44. The van der Waals surface area contributed by atoms with Crippen LogP contribution in [-0.4, -0.2) is 56.6 Å². The van der Waals surface area contributed by atoms with Crippen LogP contribution in [0.3, 0.4) is 0 Å². The van der Waals surface area contributed by atoms with Crippen LogP contribution in [0, 0.1) is 6.92 Å². The molecule has 0 spiro atoms. The smallest absolute Gasteiger partial charge is 0.242 e. The number of anilines is 1. The average molecular weight is 558 g/mol. The number of nitrogens with one attached hydrogen (secondary N) is 1. The zero-order valence-electron chi connectivity index (χ0n) is 23.7. The fourth-order valence-electron chi connectivity index (χ4n) is 5.05. The van der Waals surface area contributed by atoms with Gasteiger partial charge >= 0.3 is 0 Å². The molecule has 1 unspecified atom stereocenters. The Morgan fingerprint density at radius 3 is 2.38 bits per heavy atom. The van der Waals surface area contributed by atoms with Gasteiger partial charge in [-0.2, -0.15) is 0 Å². The first kappa shape index (κ1) is 30.5. The molecule has 0 radical (unpaired) electrons. The van der Waals surface area contributed by atoms with Gasteiger partial charge in [-0.05, 0) is 63.3 Å². The van der Waals surface area contributed by atoms with Crippen molar-refractivity contribution < 1.29 is 22.7 Å². The van der Waals surface area contributed by atoms with Gasteiger partial charge < -0.3 is 15.0 Å². The number of hydrogen-bond acceptors (Lipinski definition) is 5. The van der Waals surface area contributed by atoms with E-state index in [1.54, 1.807) is 36.1 Å². The van der Waals surface area contributed by atoms with Crippen LogP contribution in [0.5, 0.6) is 5.75 Å². The van der Waals surface area contributed by atoms with Gasteiger partial charge in [-0.1, -0.05) is 55.7 Å². The summed E-state index contributed by atoms with van der Waals surface area (Å²) in [5.74, 6) is 0.147. The van der Waals surface area contributed by atoms with Crippen molar-refractivity contribution >= 4 is 27.5 Å². The van der Waals surface area contributed by atoms with Gasteiger partial charge in [-0.15, -0.1) is 0 Å². The van der Waals surface area contributed by atoms with Crippen molar-refractivity contribution in [1.29, 1.82) is 0 Å². The van der Waals surface area contributed by atoms with E-state index in [0.717, 1.165) is 43.1 Å². The number of carbonyl (C=O) groups is 2. The maximum atomic E-state index is 13.6. The molecular formula is C30H43N3O5S. The summed E-state index contributed by atoms with van der Waals surface area (Å²) in [4.78, 5) is 28.4. The Morgan fingerprint density at radius 1 is 1.05 bits per heavy atom. The third-order valence-corrected chi connectivity index (χ3v) is 8.49. The average Bonchev–Trinajstić information content (AvgIpc) is 2.91. The Labute approximate surface area is 233 Å². The molecule has 1 fully saturated rings. The lowest BCUT2D eigenvalue weighted by molar-refractivity contribution is -0.141. The molecular weight excluding hydrogens is 514 g/mol. The third kappa shape index (κ3) is 8.71. The highest BCUT2D eigenvalue weighted by atomic mass is 32.2. The monoisotopic (exact) mass is 557 g/mol. The number of nitrogens with zero attached hydrogens (tertiary/aromatic N) is 2.